The van der Waals surface area contributed by atoms with Gasteiger partial charge in [0, 0.05) is 17.0 Å². The summed E-state index contributed by atoms with van der Waals surface area (Å²) in [5, 5.41) is 7.31. The number of carbonyl (C=O) groups is 1. The van der Waals surface area contributed by atoms with E-state index in [1.54, 1.807) is 0 Å². The molecule has 114 valence electrons. The molecule has 4 heteroatoms. The van der Waals surface area contributed by atoms with Crippen LogP contribution in [-0.4, -0.2) is 25.0 Å². The van der Waals surface area contributed by atoms with E-state index in [9.17, 15) is 4.79 Å². The van der Waals surface area contributed by atoms with Gasteiger partial charge in [-0.05, 0) is 68.8 Å². The molecular formula is C17H23ClN2O. The third-order valence-corrected chi connectivity index (χ3v) is 5.20. The summed E-state index contributed by atoms with van der Waals surface area (Å²) < 4.78 is 0. The van der Waals surface area contributed by atoms with E-state index >= 15 is 0 Å². The highest BCUT2D eigenvalue weighted by molar-refractivity contribution is 6.30. The van der Waals surface area contributed by atoms with E-state index in [1.165, 1.54) is 5.56 Å². The van der Waals surface area contributed by atoms with E-state index < -0.39 is 0 Å². The fourth-order valence-electron chi connectivity index (χ4n) is 3.56. The van der Waals surface area contributed by atoms with Crippen molar-refractivity contribution in [1.29, 1.82) is 0 Å². The molecule has 1 heterocycles. The van der Waals surface area contributed by atoms with Crippen LogP contribution in [0.1, 0.15) is 31.7 Å². The number of hydrogen-bond acceptors (Lipinski definition) is 2. The van der Waals surface area contributed by atoms with Gasteiger partial charge in [0.1, 0.15) is 0 Å². The SMILES string of the molecule is CC(Cc1ccc(Cl)cc1)NC(=O)C1CC12CCNCC2. The van der Waals surface area contributed by atoms with Crippen molar-refractivity contribution in [2.45, 2.75) is 38.6 Å². The average molecular weight is 307 g/mol. The van der Waals surface area contributed by atoms with Gasteiger partial charge in [0.25, 0.3) is 0 Å². The predicted octanol–water partition coefficient (Wildman–Crippen LogP) is 2.78. The number of halogens is 1. The Morgan fingerprint density at radius 2 is 2.05 bits per heavy atom. The van der Waals surface area contributed by atoms with Crippen LogP contribution < -0.4 is 10.6 Å². The molecule has 0 aromatic heterocycles. The van der Waals surface area contributed by atoms with Gasteiger partial charge < -0.3 is 10.6 Å². The van der Waals surface area contributed by atoms with Crippen LogP contribution >= 0.6 is 11.6 Å². The van der Waals surface area contributed by atoms with Crippen LogP contribution in [0.5, 0.6) is 0 Å². The number of hydrogen-bond donors (Lipinski definition) is 2. The molecule has 2 atom stereocenters. The highest BCUT2D eigenvalue weighted by Crippen LogP contribution is 2.58. The molecule has 1 aliphatic carbocycles. The topological polar surface area (TPSA) is 41.1 Å². The molecule has 1 aromatic carbocycles. The van der Waals surface area contributed by atoms with E-state index in [0.717, 1.165) is 43.8 Å². The normalized spacial score (nSPS) is 24.6. The molecule has 3 nitrogen and oxygen atoms in total. The van der Waals surface area contributed by atoms with Crippen molar-refractivity contribution < 1.29 is 4.79 Å². The van der Waals surface area contributed by atoms with Gasteiger partial charge in [-0.15, -0.1) is 0 Å². The van der Waals surface area contributed by atoms with Gasteiger partial charge in [0.2, 0.25) is 5.91 Å². The maximum atomic E-state index is 12.4. The lowest BCUT2D eigenvalue weighted by Crippen LogP contribution is -2.38. The lowest BCUT2D eigenvalue weighted by atomic mass is 9.91. The average Bonchev–Trinajstić information content (AvgIpc) is 3.16. The Morgan fingerprint density at radius 1 is 1.38 bits per heavy atom. The van der Waals surface area contributed by atoms with E-state index in [4.69, 9.17) is 11.6 Å². The maximum Gasteiger partial charge on any atom is 0.223 e. The molecule has 1 aliphatic heterocycles. The molecule has 2 N–H and O–H groups in total. The Bertz CT molecular complexity index is 508. The lowest BCUT2D eigenvalue weighted by Gasteiger charge is -2.23. The number of rotatable bonds is 4. The minimum atomic E-state index is 0.165. The van der Waals surface area contributed by atoms with E-state index in [0.29, 0.717) is 5.41 Å². The Balaban J connectivity index is 1.50. The van der Waals surface area contributed by atoms with Crippen molar-refractivity contribution in [3.05, 3.63) is 34.9 Å². The van der Waals surface area contributed by atoms with Crippen molar-refractivity contribution in [2.75, 3.05) is 13.1 Å². The largest absolute Gasteiger partial charge is 0.353 e. The van der Waals surface area contributed by atoms with E-state index in [-0.39, 0.29) is 17.9 Å². The number of piperidine rings is 1. The van der Waals surface area contributed by atoms with E-state index in [1.807, 2.05) is 24.3 Å². The lowest BCUT2D eigenvalue weighted by molar-refractivity contribution is -0.123. The molecule has 3 rings (SSSR count). The summed E-state index contributed by atoms with van der Waals surface area (Å²) in [6.07, 6.45) is 4.23. The van der Waals surface area contributed by atoms with Crippen LogP contribution in [0, 0.1) is 11.3 Å². The van der Waals surface area contributed by atoms with Crippen molar-refractivity contribution >= 4 is 17.5 Å². The molecule has 1 saturated carbocycles. The van der Waals surface area contributed by atoms with Gasteiger partial charge in [0.05, 0.1) is 0 Å². The zero-order valence-electron chi connectivity index (χ0n) is 12.5. The zero-order valence-corrected chi connectivity index (χ0v) is 13.2. The summed E-state index contributed by atoms with van der Waals surface area (Å²) in [6, 6.07) is 8.01. The van der Waals surface area contributed by atoms with Gasteiger partial charge in [-0.3, -0.25) is 4.79 Å². The van der Waals surface area contributed by atoms with Gasteiger partial charge in [-0.25, -0.2) is 0 Å². The smallest absolute Gasteiger partial charge is 0.223 e. The fraction of sp³-hybridized carbons (Fsp3) is 0.588. The van der Waals surface area contributed by atoms with Crippen molar-refractivity contribution in [2.24, 2.45) is 11.3 Å². The highest BCUT2D eigenvalue weighted by Gasteiger charge is 2.57. The number of benzene rings is 1. The number of amides is 1. The van der Waals surface area contributed by atoms with Gasteiger partial charge >= 0.3 is 0 Å². The molecule has 1 spiro atoms. The minimum absolute atomic E-state index is 0.165. The number of nitrogens with one attached hydrogen (secondary N) is 2. The Hall–Kier alpha value is -1.06. The number of carbonyl (C=O) groups excluding carboxylic acids is 1. The van der Waals surface area contributed by atoms with Crippen molar-refractivity contribution in [3.63, 3.8) is 0 Å². The monoisotopic (exact) mass is 306 g/mol. The van der Waals surface area contributed by atoms with Crippen LogP contribution in [0.15, 0.2) is 24.3 Å². The third kappa shape index (κ3) is 3.41. The first kappa shape index (κ1) is 14.9. The summed E-state index contributed by atoms with van der Waals surface area (Å²) in [5.41, 5.74) is 1.52. The second-order valence-electron chi connectivity index (χ2n) is 6.61. The van der Waals surface area contributed by atoms with Crippen molar-refractivity contribution in [3.8, 4) is 0 Å². The molecule has 2 unspecified atom stereocenters. The van der Waals surface area contributed by atoms with Gasteiger partial charge in [-0.2, -0.15) is 0 Å². The van der Waals surface area contributed by atoms with Gasteiger partial charge in [0.15, 0.2) is 0 Å². The summed E-state index contributed by atoms with van der Waals surface area (Å²) in [6.45, 7) is 4.19. The molecule has 1 aromatic rings. The van der Waals surface area contributed by atoms with Crippen LogP contribution in [-0.2, 0) is 11.2 Å². The molecule has 2 aliphatic rings. The first-order valence-electron chi connectivity index (χ1n) is 7.85. The molecule has 0 bridgehead atoms. The van der Waals surface area contributed by atoms with Crippen LogP contribution in [0.3, 0.4) is 0 Å². The van der Waals surface area contributed by atoms with Gasteiger partial charge in [-0.1, -0.05) is 23.7 Å². The molecule has 1 saturated heterocycles. The van der Waals surface area contributed by atoms with Crippen LogP contribution in [0.2, 0.25) is 5.02 Å². The first-order valence-corrected chi connectivity index (χ1v) is 8.22. The highest BCUT2D eigenvalue weighted by atomic mass is 35.5. The van der Waals surface area contributed by atoms with Crippen molar-refractivity contribution in [1.82, 2.24) is 10.6 Å². The molecule has 21 heavy (non-hydrogen) atoms. The maximum absolute atomic E-state index is 12.4. The zero-order chi connectivity index (χ0) is 14.9. The quantitative estimate of drug-likeness (QED) is 0.898. The molecule has 0 radical (unpaired) electrons. The second kappa shape index (κ2) is 5.98. The summed E-state index contributed by atoms with van der Waals surface area (Å²) in [7, 11) is 0. The molecule has 2 fully saturated rings. The minimum Gasteiger partial charge on any atom is -0.353 e. The first-order chi connectivity index (χ1) is 10.1. The fourth-order valence-corrected chi connectivity index (χ4v) is 3.69. The second-order valence-corrected chi connectivity index (χ2v) is 7.05. The standard InChI is InChI=1S/C17H23ClN2O/c1-12(10-13-2-4-14(18)5-3-13)20-16(21)15-11-17(15)6-8-19-9-7-17/h2-5,12,15,19H,6-11H2,1H3,(H,20,21). The Kier molecular flexibility index (Phi) is 4.23. The molecule has 1 amide bonds. The van der Waals surface area contributed by atoms with Crippen LogP contribution in [0.4, 0.5) is 0 Å². The molecular weight excluding hydrogens is 284 g/mol. The Morgan fingerprint density at radius 3 is 2.71 bits per heavy atom. The summed E-state index contributed by atoms with van der Waals surface area (Å²) in [5.74, 6) is 0.491. The summed E-state index contributed by atoms with van der Waals surface area (Å²) >= 11 is 5.89. The van der Waals surface area contributed by atoms with Crippen LogP contribution in [0.25, 0.3) is 0 Å². The Labute approximate surface area is 131 Å². The summed E-state index contributed by atoms with van der Waals surface area (Å²) in [4.78, 5) is 12.4. The predicted molar refractivity (Wildman–Crippen MR) is 85.4 cm³/mol. The third-order valence-electron chi connectivity index (χ3n) is 4.95. The van der Waals surface area contributed by atoms with E-state index in [2.05, 4.69) is 17.6 Å².